The molecule has 0 aliphatic heterocycles. The lowest BCUT2D eigenvalue weighted by atomic mass is 9.85. The van der Waals surface area contributed by atoms with Crippen LogP contribution in [0.2, 0.25) is 0 Å². The highest BCUT2D eigenvalue weighted by molar-refractivity contribution is 7.12. The third-order valence-electron chi connectivity index (χ3n) is 7.00. The molecule has 1 saturated carbocycles. The van der Waals surface area contributed by atoms with E-state index in [1.807, 2.05) is 30.3 Å². The van der Waals surface area contributed by atoms with Gasteiger partial charge in [-0.15, -0.1) is 11.3 Å². The van der Waals surface area contributed by atoms with Gasteiger partial charge >= 0.3 is 12.1 Å². The zero-order valence-electron chi connectivity index (χ0n) is 20.6. The summed E-state index contributed by atoms with van der Waals surface area (Å²) in [5.74, 6) is -0.388. The van der Waals surface area contributed by atoms with E-state index in [9.17, 15) is 23.1 Å². The molecule has 0 amide bonds. The Morgan fingerprint density at radius 2 is 1.76 bits per heavy atom. The smallest absolute Gasteiger partial charge is 0.426 e. The number of hydrogen-bond donors (Lipinski definition) is 2. The summed E-state index contributed by atoms with van der Waals surface area (Å²) in [6, 6.07) is 22.1. The van der Waals surface area contributed by atoms with Crippen LogP contribution >= 0.6 is 11.3 Å². The summed E-state index contributed by atoms with van der Waals surface area (Å²) in [4.78, 5) is 11.2. The van der Waals surface area contributed by atoms with Crippen LogP contribution in [0, 0.1) is 5.92 Å². The second-order valence-electron chi connectivity index (χ2n) is 9.73. The molecule has 0 saturated heterocycles. The van der Waals surface area contributed by atoms with E-state index in [4.69, 9.17) is 4.74 Å². The Labute approximate surface area is 223 Å². The number of aliphatic carboxylic acids is 1. The summed E-state index contributed by atoms with van der Waals surface area (Å²) in [7, 11) is 0. The first-order valence-electron chi connectivity index (χ1n) is 12.6. The highest BCUT2D eigenvalue weighted by Gasteiger charge is 2.36. The molecule has 2 unspecified atom stereocenters. The highest BCUT2D eigenvalue weighted by atomic mass is 32.1. The number of thiophene rings is 1. The Balaban J connectivity index is 1.24. The number of rotatable bonds is 8. The molecule has 38 heavy (non-hydrogen) atoms. The third-order valence-corrected chi connectivity index (χ3v) is 8.15. The second-order valence-corrected chi connectivity index (χ2v) is 10.9. The molecule has 8 heteroatoms. The number of halogens is 3. The molecule has 0 radical (unpaired) electrons. The van der Waals surface area contributed by atoms with Crippen LogP contribution in [0.4, 0.5) is 13.2 Å². The standard InChI is InChI=1S/C30H28F3NO3S/c31-30(32,33)28-27(20-5-2-1-3-6-20)16-26(38-28)18-37-25-12-11-21-13-19(9-10-22(21)15-25)17-34-24-8-4-7-23(14-24)29(35)36/h1-3,5-6,9-13,15-16,23-24,34H,4,7-8,14,17-18H2,(H,35,36). The summed E-state index contributed by atoms with van der Waals surface area (Å²) in [5.41, 5.74) is 1.81. The maximum absolute atomic E-state index is 13.7. The Bertz CT molecular complexity index is 1420. The Kier molecular flexibility index (Phi) is 7.72. The van der Waals surface area contributed by atoms with E-state index in [2.05, 4.69) is 11.4 Å². The third kappa shape index (κ3) is 6.19. The number of ether oxygens (including phenoxy) is 1. The lowest BCUT2D eigenvalue weighted by Gasteiger charge is -2.27. The van der Waals surface area contributed by atoms with E-state index in [0.29, 0.717) is 40.5 Å². The normalized spacial score (nSPS) is 18.0. The van der Waals surface area contributed by atoms with Crippen LogP contribution in [0.15, 0.2) is 72.8 Å². The van der Waals surface area contributed by atoms with Crippen molar-refractivity contribution in [3.05, 3.63) is 88.1 Å². The molecule has 1 aliphatic rings. The number of carbonyl (C=O) groups is 1. The van der Waals surface area contributed by atoms with Crippen LogP contribution in [0.1, 0.15) is 41.0 Å². The quantitative estimate of drug-likeness (QED) is 0.239. The minimum absolute atomic E-state index is 0.0484. The molecule has 1 aliphatic carbocycles. The number of alkyl halides is 3. The minimum Gasteiger partial charge on any atom is -0.488 e. The highest BCUT2D eigenvalue weighted by Crippen LogP contribution is 2.43. The molecule has 1 aromatic heterocycles. The maximum Gasteiger partial charge on any atom is 0.426 e. The number of carboxylic acids is 1. The van der Waals surface area contributed by atoms with Crippen molar-refractivity contribution in [2.75, 3.05) is 0 Å². The van der Waals surface area contributed by atoms with Gasteiger partial charge < -0.3 is 15.2 Å². The first-order chi connectivity index (χ1) is 18.3. The van der Waals surface area contributed by atoms with Gasteiger partial charge in [0.05, 0.1) is 5.92 Å². The summed E-state index contributed by atoms with van der Waals surface area (Å²) >= 11 is 0.715. The van der Waals surface area contributed by atoms with Crippen molar-refractivity contribution in [1.29, 1.82) is 0 Å². The average Bonchev–Trinajstić information content (AvgIpc) is 3.36. The van der Waals surface area contributed by atoms with Gasteiger partial charge in [0.2, 0.25) is 0 Å². The largest absolute Gasteiger partial charge is 0.488 e. The van der Waals surface area contributed by atoms with Crippen molar-refractivity contribution >= 4 is 28.1 Å². The number of nitrogens with one attached hydrogen (secondary N) is 1. The fourth-order valence-corrected chi connectivity index (χ4v) is 6.00. The van der Waals surface area contributed by atoms with Gasteiger partial charge in [-0.1, -0.05) is 55.0 Å². The molecule has 0 spiro atoms. The van der Waals surface area contributed by atoms with Crippen LogP contribution in [0.5, 0.6) is 5.75 Å². The molecule has 2 N–H and O–H groups in total. The molecule has 3 aromatic carbocycles. The van der Waals surface area contributed by atoms with Gasteiger partial charge in [0.15, 0.2) is 0 Å². The van der Waals surface area contributed by atoms with Crippen molar-refractivity contribution in [2.45, 2.75) is 51.1 Å². The summed E-state index contributed by atoms with van der Waals surface area (Å²) in [6.45, 7) is 0.710. The molecule has 198 valence electrons. The summed E-state index contributed by atoms with van der Waals surface area (Å²) in [5, 5.41) is 14.8. The van der Waals surface area contributed by atoms with E-state index >= 15 is 0 Å². The van der Waals surface area contributed by atoms with E-state index in [-0.39, 0.29) is 24.1 Å². The molecule has 4 nitrogen and oxygen atoms in total. The lowest BCUT2D eigenvalue weighted by molar-refractivity contribution is -0.143. The number of benzene rings is 3. The number of carboxylic acid groups (broad SMARTS) is 1. The van der Waals surface area contributed by atoms with Gasteiger partial charge in [-0.05, 0) is 65.4 Å². The van der Waals surface area contributed by atoms with Crippen LogP contribution in [0.25, 0.3) is 21.9 Å². The SMILES string of the molecule is O=C(O)C1CCCC(NCc2ccc3cc(OCc4cc(-c5ccccc5)c(C(F)(F)F)s4)ccc3c2)C1. The average molecular weight is 540 g/mol. The Morgan fingerprint density at radius 1 is 1.00 bits per heavy atom. The van der Waals surface area contributed by atoms with Crippen molar-refractivity contribution in [3.8, 4) is 16.9 Å². The van der Waals surface area contributed by atoms with Crippen molar-refractivity contribution in [2.24, 2.45) is 5.92 Å². The molecule has 5 rings (SSSR count). The van der Waals surface area contributed by atoms with Crippen LogP contribution in [-0.4, -0.2) is 17.1 Å². The predicted octanol–water partition coefficient (Wildman–Crippen LogP) is 7.90. The van der Waals surface area contributed by atoms with Crippen LogP contribution < -0.4 is 10.1 Å². The van der Waals surface area contributed by atoms with Crippen LogP contribution in [0.3, 0.4) is 0 Å². The van der Waals surface area contributed by atoms with Gasteiger partial charge in [0.1, 0.15) is 17.2 Å². The fraction of sp³-hybridized carbons (Fsp3) is 0.300. The topological polar surface area (TPSA) is 58.6 Å². The predicted molar refractivity (Wildman–Crippen MR) is 143 cm³/mol. The fourth-order valence-electron chi connectivity index (χ4n) is 5.05. The zero-order valence-corrected chi connectivity index (χ0v) is 21.4. The summed E-state index contributed by atoms with van der Waals surface area (Å²) in [6.07, 6.45) is -1.12. The first kappa shape index (κ1) is 26.3. The van der Waals surface area contributed by atoms with Gasteiger partial charge in [-0.2, -0.15) is 13.2 Å². The van der Waals surface area contributed by atoms with Gasteiger partial charge in [-0.3, -0.25) is 4.79 Å². The van der Waals surface area contributed by atoms with Gasteiger partial charge in [0.25, 0.3) is 0 Å². The van der Waals surface area contributed by atoms with E-state index in [1.165, 1.54) is 0 Å². The van der Waals surface area contributed by atoms with Gasteiger partial charge in [0, 0.05) is 23.0 Å². The molecule has 0 bridgehead atoms. The zero-order chi connectivity index (χ0) is 26.7. The monoisotopic (exact) mass is 539 g/mol. The molecule has 2 atom stereocenters. The molecule has 1 heterocycles. The summed E-state index contributed by atoms with van der Waals surface area (Å²) < 4.78 is 46.9. The van der Waals surface area contributed by atoms with E-state index < -0.39 is 17.0 Å². The second kappa shape index (κ2) is 11.2. The van der Waals surface area contributed by atoms with Gasteiger partial charge in [-0.25, -0.2) is 0 Å². The number of hydrogen-bond acceptors (Lipinski definition) is 4. The molecule has 4 aromatic rings. The maximum atomic E-state index is 13.7. The Hall–Kier alpha value is -3.36. The van der Waals surface area contributed by atoms with Crippen molar-refractivity contribution in [3.63, 3.8) is 0 Å². The lowest BCUT2D eigenvalue weighted by Crippen LogP contribution is -2.36. The van der Waals surface area contributed by atoms with Crippen molar-refractivity contribution < 1.29 is 27.8 Å². The van der Waals surface area contributed by atoms with E-state index in [1.54, 1.807) is 36.4 Å². The number of fused-ring (bicyclic) bond motifs is 1. The molecule has 1 fully saturated rings. The van der Waals surface area contributed by atoms with Crippen molar-refractivity contribution in [1.82, 2.24) is 5.32 Å². The van der Waals surface area contributed by atoms with E-state index in [0.717, 1.165) is 35.6 Å². The van der Waals surface area contributed by atoms with Crippen LogP contribution in [-0.2, 0) is 24.1 Å². The molecular weight excluding hydrogens is 511 g/mol. The minimum atomic E-state index is -4.43. The molecular formula is C30H28F3NO3S. The Morgan fingerprint density at radius 3 is 2.53 bits per heavy atom. The first-order valence-corrected chi connectivity index (χ1v) is 13.4.